The van der Waals surface area contributed by atoms with Crippen molar-refractivity contribution < 1.29 is 5.11 Å². The fraction of sp³-hybridized carbons (Fsp3) is 0.926. The molecule has 0 amide bonds. The van der Waals surface area contributed by atoms with E-state index in [2.05, 4.69) is 46.8 Å². The predicted molar refractivity (Wildman–Crippen MR) is 117 cm³/mol. The average molecular weight is 385 g/mol. The highest BCUT2D eigenvalue weighted by Gasteiger charge is 2.81. The third kappa shape index (κ3) is 2.41. The summed E-state index contributed by atoms with van der Waals surface area (Å²) in [6.07, 6.45) is 17.4. The van der Waals surface area contributed by atoms with Crippen LogP contribution in [-0.2, 0) is 0 Å². The van der Waals surface area contributed by atoms with Gasteiger partial charge in [0.1, 0.15) is 0 Å². The lowest BCUT2D eigenvalue weighted by Crippen LogP contribution is -2.46. The van der Waals surface area contributed by atoms with E-state index in [0.29, 0.717) is 16.2 Å². The van der Waals surface area contributed by atoms with Gasteiger partial charge < -0.3 is 5.11 Å². The smallest absolute Gasteiger partial charge is 0.0543 e. The highest BCUT2D eigenvalue weighted by Crippen LogP contribution is 2.86. The molecule has 0 radical (unpaired) electrons. The van der Waals surface area contributed by atoms with Crippen molar-refractivity contribution >= 4 is 0 Å². The lowest BCUT2D eigenvalue weighted by atomic mass is 9.53. The molecule has 1 N–H and O–H groups in total. The van der Waals surface area contributed by atoms with Crippen molar-refractivity contribution in [3.63, 3.8) is 0 Å². The Balaban J connectivity index is 1.40. The molecular formula is C27H44O. The zero-order valence-corrected chi connectivity index (χ0v) is 19.1. The van der Waals surface area contributed by atoms with E-state index in [1.165, 1.54) is 44.9 Å². The Morgan fingerprint density at radius 3 is 2.57 bits per heavy atom. The largest absolute Gasteiger partial charge is 0.393 e. The first kappa shape index (κ1) is 19.7. The van der Waals surface area contributed by atoms with Crippen LogP contribution < -0.4 is 0 Å². The van der Waals surface area contributed by atoms with Crippen LogP contribution >= 0.6 is 0 Å². The molecule has 4 fully saturated rings. The van der Waals surface area contributed by atoms with Gasteiger partial charge in [-0.2, -0.15) is 0 Å². The maximum absolute atomic E-state index is 10.4. The van der Waals surface area contributed by atoms with E-state index in [4.69, 9.17) is 0 Å². The minimum absolute atomic E-state index is 0.0293. The summed E-state index contributed by atoms with van der Waals surface area (Å²) in [5.74, 6) is 6.08. The summed E-state index contributed by atoms with van der Waals surface area (Å²) >= 11 is 0. The number of hydrogen-bond acceptors (Lipinski definition) is 1. The van der Waals surface area contributed by atoms with E-state index < -0.39 is 0 Å². The van der Waals surface area contributed by atoms with Gasteiger partial charge in [0.2, 0.25) is 0 Å². The third-order valence-corrected chi connectivity index (χ3v) is 11.2. The topological polar surface area (TPSA) is 20.2 Å². The zero-order valence-electron chi connectivity index (χ0n) is 19.1. The van der Waals surface area contributed by atoms with Gasteiger partial charge in [0.05, 0.1) is 6.10 Å². The molecule has 1 heteroatoms. The molecule has 10 atom stereocenters. The van der Waals surface area contributed by atoms with Crippen LogP contribution in [0.15, 0.2) is 12.2 Å². The second-order valence-electron chi connectivity index (χ2n) is 12.7. The molecule has 5 aliphatic rings. The molecule has 0 bridgehead atoms. The molecule has 0 aromatic carbocycles. The van der Waals surface area contributed by atoms with Crippen LogP contribution in [-0.4, -0.2) is 11.2 Å². The van der Waals surface area contributed by atoms with Gasteiger partial charge in [0.25, 0.3) is 0 Å². The quantitative estimate of drug-likeness (QED) is 0.514. The number of aliphatic hydroxyl groups excluding tert-OH is 1. The van der Waals surface area contributed by atoms with Crippen LogP contribution in [0.5, 0.6) is 0 Å². The van der Waals surface area contributed by atoms with E-state index >= 15 is 0 Å². The molecule has 28 heavy (non-hydrogen) atoms. The molecule has 0 heterocycles. The van der Waals surface area contributed by atoms with E-state index in [1.54, 1.807) is 0 Å². The Morgan fingerprint density at radius 2 is 1.82 bits per heavy atom. The normalized spacial score (nSPS) is 54.8. The van der Waals surface area contributed by atoms with Crippen molar-refractivity contribution in [1.82, 2.24) is 0 Å². The molecule has 158 valence electrons. The van der Waals surface area contributed by atoms with Gasteiger partial charge in [-0.15, -0.1) is 0 Å². The number of fused-ring (bicyclic) bond motifs is 2. The van der Waals surface area contributed by atoms with Crippen LogP contribution in [0.4, 0.5) is 0 Å². The number of hydrogen-bond donors (Lipinski definition) is 1. The highest BCUT2D eigenvalue weighted by molar-refractivity contribution is 5.36. The molecule has 0 aromatic rings. The van der Waals surface area contributed by atoms with E-state index in [0.717, 1.165) is 54.3 Å². The fourth-order valence-electron chi connectivity index (χ4n) is 9.66. The molecule has 1 nitrogen and oxygen atoms in total. The van der Waals surface area contributed by atoms with Crippen LogP contribution in [0.25, 0.3) is 0 Å². The van der Waals surface area contributed by atoms with Gasteiger partial charge in [-0.3, -0.25) is 0 Å². The van der Waals surface area contributed by atoms with Crippen molar-refractivity contribution in [2.75, 3.05) is 0 Å². The molecule has 0 unspecified atom stereocenters. The summed E-state index contributed by atoms with van der Waals surface area (Å²) in [5, 5.41) is 10.4. The van der Waals surface area contributed by atoms with Crippen LogP contribution in [0.3, 0.4) is 0 Å². The molecule has 4 saturated carbocycles. The van der Waals surface area contributed by atoms with E-state index in [-0.39, 0.29) is 6.10 Å². The number of rotatable bonds is 5. The first-order chi connectivity index (χ1) is 13.2. The summed E-state index contributed by atoms with van der Waals surface area (Å²) in [6, 6.07) is 0. The van der Waals surface area contributed by atoms with Crippen molar-refractivity contribution in [1.29, 1.82) is 0 Å². The summed E-state index contributed by atoms with van der Waals surface area (Å²) in [6.45, 7) is 12.6. The Kier molecular flexibility index (Phi) is 4.46. The Labute approximate surface area is 173 Å². The second-order valence-corrected chi connectivity index (χ2v) is 12.7. The SMILES string of the molecule is CC(C)CCC[C@@H](C)[C@@H]1CC[C@@]23[C@H]4[C@@H](C=C[C@]12C)[C@@]1(C)CC[C@H](O)C[C@H]1C[C@H]43. The Morgan fingerprint density at radius 1 is 1.04 bits per heavy atom. The van der Waals surface area contributed by atoms with Crippen LogP contribution in [0.2, 0.25) is 0 Å². The maximum Gasteiger partial charge on any atom is 0.0543 e. The minimum Gasteiger partial charge on any atom is -0.393 e. The molecular weight excluding hydrogens is 340 g/mol. The minimum atomic E-state index is -0.0293. The average Bonchev–Trinajstić information content (AvgIpc) is 3.16. The number of allylic oxidation sites excluding steroid dienone is 2. The second kappa shape index (κ2) is 6.35. The summed E-state index contributed by atoms with van der Waals surface area (Å²) in [4.78, 5) is 0. The highest BCUT2D eigenvalue weighted by atomic mass is 16.3. The fourth-order valence-corrected chi connectivity index (χ4v) is 9.66. The first-order valence-corrected chi connectivity index (χ1v) is 12.6. The molecule has 1 spiro atoms. The third-order valence-electron chi connectivity index (χ3n) is 11.2. The molecule has 5 aliphatic carbocycles. The van der Waals surface area contributed by atoms with Crippen molar-refractivity contribution in [3.05, 3.63) is 12.2 Å². The van der Waals surface area contributed by atoms with Crippen molar-refractivity contribution in [3.8, 4) is 0 Å². The van der Waals surface area contributed by atoms with Gasteiger partial charge in [-0.25, -0.2) is 0 Å². The molecule has 5 rings (SSSR count). The lowest BCUT2D eigenvalue weighted by Gasteiger charge is -2.52. The standard InChI is InChI=1S/C27H44O/c1-17(2)7-6-8-18(3)21-11-14-27-23-16-19-15-20(28)9-12-25(19,4)22(24(23)27)10-13-26(21,27)5/h10,13,17-24,28H,6-9,11-12,14-16H2,1-5H3/t18-,19+,20+,21+,22-,23-,24+,25+,26-,27-/m1/s1. The van der Waals surface area contributed by atoms with E-state index in [9.17, 15) is 5.11 Å². The van der Waals surface area contributed by atoms with Gasteiger partial charge in [0.15, 0.2) is 0 Å². The molecule has 0 saturated heterocycles. The lowest BCUT2D eigenvalue weighted by molar-refractivity contribution is -0.0380. The van der Waals surface area contributed by atoms with Gasteiger partial charge in [0, 0.05) is 0 Å². The monoisotopic (exact) mass is 384 g/mol. The molecule has 0 aliphatic heterocycles. The van der Waals surface area contributed by atoms with Crippen LogP contribution in [0.1, 0.15) is 92.4 Å². The summed E-state index contributed by atoms with van der Waals surface area (Å²) in [7, 11) is 0. The summed E-state index contributed by atoms with van der Waals surface area (Å²) < 4.78 is 0. The van der Waals surface area contributed by atoms with Gasteiger partial charge in [-0.1, -0.05) is 66.0 Å². The van der Waals surface area contributed by atoms with Gasteiger partial charge >= 0.3 is 0 Å². The van der Waals surface area contributed by atoms with E-state index in [1.807, 2.05) is 0 Å². The first-order valence-electron chi connectivity index (χ1n) is 12.6. The summed E-state index contributed by atoms with van der Waals surface area (Å²) in [5.41, 5.74) is 1.52. The maximum atomic E-state index is 10.4. The predicted octanol–water partition coefficient (Wildman–Crippen LogP) is 6.85. The van der Waals surface area contributed by atoms with Crippen molar-refractivity contribution in [2.24, 2.45) is 57.7 Å². The van der Waals surface area contributed by atoms with Crippen molar-refractivity contribution in [2.45, 2.75) is 98.5 Å². The zero-order chi connectivity index (χ0) is 19.9. The number of aliphatic hydroxyl groups is 1. The molecule has 0 aromatic heterocycles. The van der Waals surface area contributed by atoms with Gasteiger partial charge in [-0.05, 0) is 96.2 Å². The Bertz CT molecular complexity index is 651. The van der Waals surface area contributed by atoms with Crippen LogP contribution in [0, 0.1) is 57.7 Å². The Hall–Kier alpha value is -0.300.